The van der Waals surface area contributed by atoms with E-state index >= 15 is 0 Å². The van der Waals surface area contributed by atoms with Crippen molar-refractivity contribution in [3.63, 3.8) is 0 Å². The monoisotopic (exact) mass is 411 g/mol. The minimum absolute atomic E-state index is 0.0373. The van der Waals surface area contributed by atoms with Crippen LogP contribution in [-0.2, 0) is 0 Å². The maximum atomic E-state index is 12.7. The largest absolute Gasteiger partial charge is 0.472 e. The Labute approximate surface area is 160 Å². The Kier molecular flexibility index (Phi) is 4.75. The van der Waals surface area contributed by atoms with Crippen LogP contribution in [0.4, 0.5) is 0 Å². The van der Waals surface area contributed by atoms with Crippen molar-refractivity contribution in [1.29, 1.82) is 0 Å². The highest BCUT2D eigenvalue weighted by atomic mass is 79.9. The zero-order chi connectivity index (χ0) is 17.9. The average Bonchev–Trinajstić information content (AvgIpc) is 3.35. The third-order valence-corrected chi connectivity index (χ3v) is 5.06. The molecule has 1 aliphatic rings. The average molecular weight is 412 g/mol. The fourth-order valence-corrected chi connectivity index (χ4v) is 3.44. The van der Waals surface area contributed by atoms with E-state index in [2.05, 4.69) is 20.9 Å². The van der Waals surface area contributed by atoms with Gasteiger partial charge in [-0.25, -0.2) is 4.98 Å². The fourth-order valence-electron chi connectivity index (χ4n) is 3.09. The molecular formula is C20H18BrN3O2. The van der Waals surface area contributed by atoms with E-state index in [1.54, 1.807) is 6.20 Å². The van der Waals surface area contributed by atoms with Crippen LogP contribution in [0.25, 0.3) is 5.69 Å². The number of carbonyl (C=O) groups excluding carboxylic acids is 1. The first-order valence-electron chi connectivity index (χ1n) is 8.50. The highest BCUT2D eigenvalue weighted by molar-refractivity contribution is 9.10. The van der Waals surface area contributed by atoms with E-state index in [9.17, 15) is 4.79 Å². The molecule has 1 amide bonds. The van der Waals surface area contributed by atoms with E-state index in [0.717, 1.165) is 16.6 Å². The van der Waals surface area contributed by atoms with Crippen LogP contribution in [0.15, 0.2) is 71.6 Å². The Morgan fingerprint density at radius 3 is 2.62 bits per heavy atom. The molecule has 0 spiro atoms. The molecule has 5 nitrogen and oxygen atoms in total. The minimum atomic E-state index is -0.0377. The van der Waals surface area contributed by atoms with Gasteiger partial charge in [-0.1, -0.05) is 0 Å². The lowest BCUT2D eigenvalue weighted by molar-refractivity contribution is 0.0771. The Bertz CT molecular complexity index is 894. The van der Waals surface area contributed by atoms with Crippen LogP contribution in [0.1, 0.15) is 16.8 Å². The summed E-state index contributed by atoms with van der Waals surface area (Å²) in [4.78, 5) is 18.8. The standard InChI is InChI=1S/C20H18BrN3O2/c21-18-4-3-10-22-19(18)26-17-9-13-24(14-17)20(25)15-5-7-16(8-6-15)23-11-1-2-12-23/h1-8,10-12,17H,9,13-14H2. The van der Waals surface area contributed by atoms with Gasteiger partial charge in [0.15, 0.2) is 0 Å². The van der Waals surface area contributed by atoms with Crippen LogP contribution < -0.4 is 4.74 Å². The van der Waals surface area contributed by atoms with Gasteiger partial charge < -0.3 is 14.2 Å². The van der Waals surface area contributed by atoms with Gasteiger partial charge in [0.2, 0.25) is 5.88 Å². The third-order valence-electron chi connectivity index (χ3n) is 4.45. The van der Waals surface area contributed by atoms with Gasteiger partial charge in [-0.15, -0.1) is 0 Å². The predicted molar refractivity (Wildman–Crippen MR) is 103 cm³/mol. The van der Waals surface area contributed by atoms with Crippen LogP contribution in [0.2, 0.25) is 0 Å². The van der Waals surface area contributed by atoms with Crippen LogP contribution in [0, 0.1) is 0 Å². The second kappa shape index (κ2) is 7.33. The SMILES string of the molecule is O=C(c1ccc(-n2cccc2)cc1)N1CCC(Oc2ncccc2Br)C1. The van der Waals surface area contributed by atoms with Crippen molar-refractivity contribution in [2.24, 2.45) is 0 Å². The summed E-state index contributed by atoms with van der Waals surface area (Å²) in [5.74, 6) is 0.609. The number of nitrogens with zero attached hydrogens (tertiary/aromatic N) is 3. The molecule has 0 bridgehead atoms. The highest BCUT2D eigenvalue weighted by Gasteiger charge is 2.28. The molecule has 1 atom stereocenters. The topological polar surface area (TPSA) is 47.4 Å². The first-order chi connectivity index (χ1) is 12.7. The number of halogens is 1. The van der Waals surface area contributed by atoms with E-state index in [1.165, 1.54) is 0 Å². The number of ether oxygens (including phenoxy) is 1. The lowest BCUT2D eigenvalue weighted by Crippen LogP contribution is -2.31. The summed E-state index contributed by atoms with van der Waals surface area (Å²) in [6.45, 7) is 1.26. The molecule has 6 heteroatoms. The molecule has 1 unspecified atom stereocenters. The molecule has 4 rings (SSSR count). The number of benzene rings is 1. The van der Waals surface area contributed by atoms with E-state index in [-0.39, 0.29) is 12.0 Å². The van der Waals surface area contributed by atoms with Crippen molar-refractivity contribution in [1.82, 2.24) is 14.5 Å². The number of aromatic nitrogens is 2. The molecule has 1 saturated heterocycles. The van der Waals surface area contributed by atoms with Crippen molar-refractivity contribution in [3.05, 3.63) is 77.2 Å². The molecule has 1 fully saturated rings. The lowest BCUT2D eigenvalue weighted by atomic mass is 10.2. The number of amides is 1. The molecule has 1 aliphatic heterocycles. The fraction of sp³-hybridized carbons (Fsp3) is 0.200. The van der Waals surface area contributed by atoms with Crippen molar-refractivity contribution in [3.8, 4) is 11.6 Å². The maximum absolute atomic E-state index is 12.7. The molecule has 3 aromatic rings. The molecule has 0 N–H and O–H groups in total. The van der Waals surface area contributed by atoms with Gasteiger partial charge in [-0.3, -0.25) is 4.79 Å². The van der Waals surface area contributed by atoms with E-state index in [0.29, 0.717) is 24.5 Å². The number of hydrogen-bond donors (Lipinski definition) is 0. The molecule has 2 aromatic heterocycles. The second-order valence-corrected chi connectivity index (χ2v) is 7.06. The Morgan fingerprint density at radius 2 is 1.88 bits per heavy atom. The van der Waals surface area contributed by atoms with Crippen LogP contribution in [-0.4, -0.2) is 39.6 Å². The third kappa shape index (κ3) is 3.51. The van der Waals surface area contributed by atoms with Gasteiger partial charge in [-0.2, -0.15) is 0 Å². The van der Waals surface area contributed by atoms with Crippen molar-refractivity contribution in [2.45, 2.75) is 12.5 Å². The Hall–Kier alpha value is -2.60. The summed E-state index contributed by atoms with van der Waals surface area (Å²) >= 11 is 3.44. The lowest BCUT2D eigenvalue weighted by Gasteiger charge is -2.17. The normalized spacial score (nSPS) is 16.7. The predicted octanol–water partition coefficient (Wildman–Crippen LogP) is 3.93. The number of rotatable bonds is 4. The smallest absolute Gasteiger partial charge is 0.253 e. The number of likely N-dealkylation sites (tertiary alicyclic amines) is 1. The van der Waals surface area contributed by atoms with Gasteiger partial charge in [0.05, 0.1) is 11.0 Å². The summed E-state index contributed by atoms with van der Waals surface area (Å²) in [6.07, 6.45) is 6.43. The number of carbonyl (C=O) groups is 1. The molecule has 26 heavy (non-hydrogen) atoms. The summed E-state index contributed by atoms with van der Waals surface area (Å²) in [7, 11) is 0. The van der Waals surface area contributed by atoms with Gasteiger partial charge in [0.25, 0.3) is 5.91 Å². The van der Waals surface area contributed by atoms with Gasteiger partial charge in [-0.05, 0) is 64.5 Å². The first-order valence-corrected chi connectivity index (χ1v) is 9.30. The summed E-state index contributed by atoms with van der Waals surface area (Å²) in [5.41, 5.74) is 1.73. The molecule has 0 saturated carbocycles. The quantitative estimate of drug-likeness (QED) is 0.653. The molecule has 1 aromatic carbocycles. The number of hydrogen-bond acceptors (Lipinski definition) is 3. The number of pyridine rings is 1. The molecule has 3 heterocycles. The Morgan fingerprint density at radius 1 is 1.12 bits per heavy atom. The zero-order valence-corrected chi connectivity index (χ0v) is 15.7. The van der Waals surface area contributed by atoms with Crippen LogP contribution >= 0.6 is 15.9 Å². The molecular weight excluding hydrogens is 394 g/mol. The molecule has 132 valence electrons. The minimum Gasteiger partial charge on any atom is -0.472 e. The summed E-state index contributed by atoms with van der Waals surface area (Å²) in [5, 5.41) is 0. The zero-order valence-electron chi connectivity index (χ0n) is 14.1. The van der Waals surface area contributed by atoms with E-state index < -0.39 is 0 Å². The summed E-state index contributed by atoms with van der Waals surface area (Å²) < 4.78 is 8.77. The van der Waals surface area contributed by atoms with Crippen LogP contribution in [0.3, 0.4) is 0 Å². The van der Waals surface area contributed by atoms with E-state index in [4.69, 9.17) is 4.74 Å². The van der Waals surface area contributed by atoms with E-state index in [1.807, 2.05) is 70.4 Å². The van der Waals surface area contributed by atoms with Crippen molar-refractivity contribution >= 4 is 21.8 Å². The summed E-state index contributed by atoms with van der Waals surface area (Å²) in [6, 6.07) is 15.4. The second-order valence-electron chi connectivity index (χ2n) is 6.21. The van der Waals surface area contributed by atoms with Gasteiger partial charge >= 0.3 is 0 Å². The highest BCUT2D eigenvalue weighted by Crippen LogP contribution is 2.25. The van der Waals surface area contributed by atoms with Crippen molar-refractivity contribution < 1.29 is 9.53 Å². The van der Waals surface area contributed by atoms with Crippen molar-refractivity contribution in [2.75, 3.05) is 13.1 Å². The van der Waals surface area contributed by atoms with Crippen LogP contribution in [0.5, 0.6) is 5.88 Å². The maximum Gasteiger partial charge on any atom is 0.253 e. The Balaban J connectivity index is 1.40. The molecule has 0 aliphatic carbocycles. The van der Waals surface area contributed by atoms with Gasteiger partial charge in [0, 0.05) is 42.8 Å². The molecule has 0 radical (unpaired) electrons. The van der Waals surface area contributed by atoms with Gasteiger partial charge in [0.1, 0.15) is 6.10 Å². The first kappa shape index (κ1) is 16.8.